The molecule has 28 heavy (non-hydrogen) atoms. The molecule has 0 atom stereocenters. The predicted octanol–water partition coefficient (Wildman–Crippen LogP) is 2.67. The summed E-state index contributed by atoms with van der Waals surface area (Å²) in [6.07, 6.45) is -3.35. The molecule has 0 unspecified atom stereocenters. The van der Waals surface area contributed by atoms with Crippen LogP contribution in [-0.2, 0) is 20.7 Å². The van der Waals surface area contributed by atoms with Gasteiger partial charge in [-0.1, -0.05) is 12.1 Å². The van der Waals surface area contributed by atoms with Crippen LogP contribution in [0.25, 0.3) is 0 Å². The van der Waals surface area contributed by atoms with Gasteiger partial charge in [0, 0.05) is 44.1 Å². The van der Waals surface area contributed by atoms with Crippen LogP contribution in [0.2, 0.25) is 0 Å². The van der Waals surface area contributed by atoms with Crippen LogP contribution >= 0.6 is 0 Å². The molecule has 0 radical (unpaired) electrons. The van der Waals surface area contributed by atoms with E-state index in [0.717, 1.165) is 0 Å². The van der Waals surface area contributed by atoms with Crippen molar-refractivity contribution in [3.8, 4) is 5.75 Å². The second kappa shape index (κ2) is 8.55. The largest absolute Gasteiger partial charge is 0.573 e. The number of allylic oxidation sites excluding steroid dienone is 1. The molecule has 0 aliphatic carbocycles. The number of carbonyl (C=O) groups excluding carboxylic acids is 2. The highest BCUT2D eigenvalue weighted by Crippen LogP contribution is 2.24. The Bertz CT molecular complexity index is 812. The monoisotopic (exact) mass is 396 g/mol. The van der Waals surface area contributed by atoms with Crippen LogP contribution in [-0.4, -0.2) is 54.8 Å². The van der Waals surface area contributed by atoms with Gasteiger partial charge in [-0.25, -0.2) is 4.99 Å². The summed E-state index contributed by atoms with van der Waals surface area (Å²) in [6.45, 7) is 2.34. The lowest BCUT2D eigenvalue weighted by molar-refractivity contribution is -0.274. The van der Waals surface area contributed by atoms with E-state index in [9.17, 15) is 22.8 Å². The lowest BCUT2D eigenvalue weighted by Gasteiger charge is -2.30. The fourth-order valence-corrected chi connectivity index (χ4v) is 3.06. The summed E-state index contributed by atoms with van der Waals surface area (Å²) < 4.78 is 46.1. The molecule has 0 amide bonds. The zero-order chi connectivity index (χ0) is 20.1. The SMILES string of the molecule is O=C1C=C(N2CCOCC2)N=C(CC(=O)Cc2cccc(OC(F)(F)F)c2)C1. The van der Waals surface area contributed by atoms with E-state index in [4.69, 9.17) is 4.74 Å². The van der Waals surface area contributed by atoms with Gasteiger partial charge < -0.3 is 14.4 Å². The summed E-state index contributed by atoms with van der Waals surface area (Å²) in [6, 6.07) is 5.29. The summed E-state index contributed by atoms with van der Waals surface area (Å²) in [5.41, 5.74) is 0.861. The summed E-state index contributed by atoms with van der Waals surface area (Å²) in [5.74, 6) is -0.206. The number of Topliss-reactive ketones (excluding diaryl/α,β-unsaturated/α-hetero) is 1. The Morgan fingerprint density at radius 2 is 1.96 bits per heavy atom. The number of aliphatic imine (C=N–C) groups is 1. The van der Waals surface area contributed by atoms with E-state index in [-0.39, 0.29) is 36.6 Å². The van der Waals surface area contributed by atoms with Crippen molar-refractivity contribution < 1.29 is 32.2 Å². The van der Waals surface area contributed by atoms with E-state index in [0.29, 0.717) is 43.4 Å². The maximum Gasteiger partial charge on any atom is 0.573 e. The lowest BCUT2D eigenvalue weighted by atomic mass is 10.0. The number of benzene rings is 1. The van der Waals surface area contributed by atoms with Crippen molar-refractivity contribution in [1.82, 2.24) is 4.90 Å². The maximum absolute atomic E-state index is 12.4. The number of rotatable bonds is 6. The first-order valence-corrected chi connectivity index (χ1v) is 8.78. The molecule has 6 nitrogen and oxygen atoms in total. The summed E-state index contributed by atoms with van der Waals surface area (Å²) >= 11 is 0. The van der Waals surface area contributed by atoms with Crippen LogP contribution < -0.4 is 4.74 Å². The molecule has 2 aliphatic rings. The molecule has 0 saturated carbocycles. The van der Waals surface area contributed by atoms with Crippen LogP contribution in [0, 0.1) is 0 Å². The summed E-state index contributed by atoms with van der Waals surface area (Å²) in [5, 5.41) is 0. The van der Waals surface area contributed by atoms with E-state index in [2.05, 4.69) is 9.73 Å². The number of carbonyl (C=O) groups is 2. The Labute approximate surface area is 159 Å². The van der Waals surface area contributed by atoms with Gasteiger partial charge in [-0.2, -0.15) is 0 Å². The lowest BCUT2D eigenvalue weighted by Crippen LogP contribution is -2.36. The van der Waals surface area contributed by atoms with Crippen molar-refractivity contribution in [2.45, 2.75) is 25.6 Å². The fraction of sp³-hybridized carbons (Fsp3) is 0.421. The van der Waals surface area contributed by atoms with Crippen LogP contribution in [0.1, 0.15) is 18.4 Å². The smallest absolute Gasteiger partial charge is 0.406 e. The van der Waals surface area contributed by atoms with Crippen LogP contribution in [0.5, 0.6) is 5.75 Å². The van der Waals surface area contributed by atoms with E-state index in [1.165, 1.54) is 24.3 Å². The normalized spacial score (nSPS) is 17.8. The number of halogens is 3. The number of morpholine rings is 1. The van der Waals surface area contributed by atoms with Crippen molar-refractivity contribution in [2.75, 3.05) is 26.3 Å². The fourth-order valence-electron chi connectivity index (χ4n) is 3.06. The van der Waals surface area contributed by atoms with Gasteiger partial charge in [0.1, 0.15) is 17.4 Å². The van der Waals surface area contributed by atoms with E-state index < -0.39 is 6.36 Å². The first-order chi connectivity index (χ1) is 13.3. The van der Waals surface area contributed by atoms with Crippen molar-refractivity contribution in [2.24, 2.45) is 4.99 Å². The molecule has 0 N–H and O–H groups in total. The number of hydrogen-bond acceptors (Lipinski definition) is 6. The molecular weight excluding hydrogens is 377 g/mol. The predicted molar refractivity (Wildman–Crippen MR) is 94.0 cm³/mol. The standard InChI is InChI=1S/C19H19F3N2O4/c20-19(21,22)28-17-3-1-2-13(9-17)8-15(25)10-14-11-16(26)12-18(23-14)24-4-6-27-7-5-24/h1-3,9,12H,4-8,10-11H2. The quantitative estimate of drug-likeness (QED) is 0.740. The molecule has 9 heteroatoms. The first kappa shape index (κ1) is 20.1. The minimum atomic E-state index is -4.79. The second-order valence-electron chi connectivity index (χ2n) is 6.51. The van der Waals surface area contributed by atoms with E-state index >= 15 is 0 Å². The Kier molecular flexibility index (Phi) is 6.13. The topological polar surface area (TPSA) is 68.2 Å². The molecule has 3 rings (SSSR count). The van der Waals surface area contributed by atoms with E-state index in [1.54, 1.807) is 6.07 Å². The van der Waals surface area contributed by atoms with Gasteiger partial charge in [0.05, 0.1) is 13.2 Å². The Balaban J connectivity index is 1.62. The van der Waals surface area contributed by atoms with Gasteiger partial charge in [-0.3, -0.25) is 9.59 Å². The molecule has 0 bridgehead atoms. The summed E-state index contributed by atoms with van der Waals surface area (Å²) in [7, 11) is 0. The number of alkyl halides is 3. The number of hydrogen-bond donors (Lipinski definition) is 0. The average Bonchev–Trinajstić information content (AvgIpc) is 2.60. The average molecular weight is 396 g/mol. The Hall–Kier alpha value is -2.68. The minimum absolute atomic E-state index is 0.0300. The van der Waals surface area contributed by atoms with Crippen LogP contribution in [0.4, 0.5) is 13.2 Å². The molecular formula is C19H19F3N2O4. The number of nitrogens with zero attached hydrogens (tertiary/aromatic N) is 2. The zero-order valence-electron chi connectivity index (χ0n) is 15.0. The van der Waals surface area contributed by atoms with Crippen LogP contribution in [0.3, 0.4) is 0 Å². The third kappa shape index (κ3) is 5.91. The van der Waals surface area contributed by atoms with Crippen molar-refractivity contribution in [3.63, 3.8) is 0 Å². The molecule has 0 aromatic heterocycles. The second-order valence-corrected chi connectivity index (χ2v) is 6.51. The van der Waals surface area contributed by atoms with Gasteiger partial charge in [-0.05, 0) is 17.7 Å². The minimum Gasteiger partial charge on any atom is -0.406 e. The molecule has 1 aromatic rings. The highest BCUT2D eigenvalue weighted by molar-refractivity contribution is 6.14. The van der Waals surface area contributed by atoms with Crippen molar-refractivity contribution in [3.05, 3.63) is 41.7 Å². The molecule has 1 aromatic carbocycles. The van der Waals surface area contributed by atoms with Gasteiger partial charge in [0.2, 0.25) is 0 Å². The Morgan fingerprint density at radius 1 is 1.21 bits per heavy atom. The molecule has 0 spiro atoms. The molecule has 150 valence electrons. The van der Waals surface area contributed by atoms with Gasteiger partial charge >= 0.3 is 6.36 Å². The maximum atomic E-state index is 12.4. The zero-order valence-corrected chi connectivity index (χ0v) is 15.0. The van der Waals surface area contributed by atoms with Crippen LogP contribution in [0.15, 0.2) is 41.2 Å². The summed E-state index contributed by atoms with van der Waals surface area (Å²) in [4.78, 5) is 30.7. The Morgan fingerprint density at radius 3 is 2.68 bits per heavy atom. The van der Waals surface area contributed by atoms with Gasteiger partial charge in [-0.15, -0.1) is 13.2 Å². The third-order valence-corrected chi connectivity index (χ3v) is 4.21. The van der Waals surface area contributed by atoms with Crippen molar-refractivity contribution >= 4 is 17.3 Å². The van der Waals surface area contributed by atoms with Gasteiger partial charge in [0.15, 0.2) is 5.78 Å². The molecule has 2 heterocycles. The highest BCUT2D eigenvalue weighted by atomic mass is 19.4. The van der Waals surface area contributed by atoms with E-state index in [1.807, 2.05) is 4.90 Å². The molecule has 1 saturated heterocycles. The molecule has 1 fully saturated rings. The molecule has 2 aliphatic heterocycles. The highest BCUT2D eigenvalue weighted by Gasteiger charge is 2.31. The van der Waals surface area contributed by atoms with Gasteiger partial charge in [0.25, 0.3) is 0 Å². The van der Waals surface area contributed by atoms with Crippen molar-refractivity contribution in [1.29, 1.82) is 0 Å². The first-order valence-electron chi connectivity index (χ1n) is 8.78. The third-order valence-electron chi connectivity index (χ3n) is 4.21. The number of ketones is 2. The number of ether oxygens (including phenoxy) is 2.